The molecule has 2 heterocycles. The molecule has 0 bridgehead atoms. The van der Waals surface area contributed by atoms with Crippen molar-refractivity contribution in [3.63, 3.8) is 0 Å². The van der Waals surface area contributed by atoms with E-state index in [-0.39, 0.29) is 0 Å². The molecule has 3 heteroatoms. The lowest BCUT2D eigenvalue weighted by Crippen LogP contribution is -2.00. The van der Waals surface area contributed by atoms with Crippen LogP contribution in [0.15, 0.2) is 152 Å². The molecule has 0 saturated carbocycles. The van der Waals surface area contributed by atoms with Gasteiger partial charge >= 0.3 is 0 Å². The number of aromatic nitrogens is 3. The largest absolute Gasteiger partial charge is 0.264 e. The number of hydrogen-bond acceptors (Lipinski definition) is 3. The molecule has 0 N–H and O–H groups in total. The fourth-order valence-electron chi connectivity index (χ4n) is 6.09. The summed E-state index contributed by atoms with van der Waals surface area (Å²) in [5.41, 5.74) is 9.81. The van der Waals surface area contributed by atoms with Gasteiger partial charge in [-0.1, -0.05) is 103 Å². The summed E-state index contributed by atoms with van der Waals surface area (Å²) in [5.74, 6) is 0.724. The molecule has 0 radical (unpaired) electrons. The lowest BCUT2D eigenvalue weighted by Gasteiger charge is -2.16. The molecule has 3 nitrogen and oxygen atoms in total. The fraction of sp³-hybridized carbons (Fsp3) is 0.0488. The van der Waals surface area contributed by atoms with Crippen LogP contribution in [0.3, 0.4) is 0 Å². The van der Waals surface area contributed by atoms with Crippen LogP contribution in [-0.2, 0) is 0 Å². The maximum absolute atomic E-state index is 5.18. The third-order valence-corrected chi connectivity index (χ3v) is 8.41. The minimum atomic E-state index is 0.724. The molecular formula is C41H29N3. The summed E-state index contributed by atoms with van der Waals surface area (Å²) >= 11 is 0. The average molecular weight is 564 g/mol. The predicted molar refractivity (Wildman–Crippen MR) is 183 cm³/mol. The quantitative estimate of drug-likeness (QED) is 0.209. The van der Waals surface area contributed by atoms with E-state index in [1.165, 1.54) is 32.7 Å². The predicted octanol–water partition coefficient (Wildman–Crippen LogP) is 10.4. The van der Waals surface area contributed by atoms with E-state index >= 15 is 0 Å². The van der Waals surface area contributed by atoms with E-state index < -0.39 is 0 Å². The van der Waals surface area contributed by atoms with Gasteiger partial charge in [0.15, 0.2) is 5.82 Å². The summed E-state index contributed by atoms with van der Waals surface area (Å²) < 4.78 is 0. The first-order valence-electron chi connectivity index (χ1n) is 15.1. The summed E-state index contributed by atoms with van der Waals surface area (Å²) in [5, 5.41) is 4.90. The second kappa shape index (κ2) is 11.2. The second-order valence-electron chi connectivity index (χ2n) is 11.3. The Kier molecular flexibility index (Phi) is 6.62. The van der Waals surface area contributed by atoms with Crippen LogP contribution >= 0.6 is 0 Å². The first-order valence-corrected chi connectivity index (χ1v) is 15.1. The van der Waals surface area contributed by atoms with Crippen molar-refractivity contribution in [1.82, 2.24) is 15.0 Å². The van der Waals surface area contributed by atoms with Gasteiger partial charge in [-0.2, -0.15) is 0 Å². The molecule has 7 aromatic rings. The van der Waals surface area contributed by atoms with Crippen molar-refractivity contribution in [1.29, 1.82) is 0 Å². The third-order valence-electron chi connectivity index (χ3n) is 8.41. The van der Waals surface area contributed by atoms with Crippen molar-refractivity contribution in [2.75, 3.05) is 0 Å². The summed E-state index contributed by atoms with van der Waals surface area (Å²) in [4.78, 5) is 14.7. The van der Waals surface area contributed by atoms with Crippen LogP contribution in [-0.4, -0.2) is 15.0 Å². The Morgan fingerprint density at radius 2 is 1.16 bits per heavy atom. The molecule has 0 amide bonds. The van der Waals surface area contributed by atoms with E-state index in [0.29, 0.717) is 0 Å². The van der Waals surface area contributed by atoms with Crippen molar-refractivity contribution < 1.29 is 0 Å². The summed E-state index contributed by atoms with van der Waals surface area (Å²) in [6.45, 7) is 0. The van der Waals surface area contributed by atoms with E-state index in [1.54, 1.807) is 6.20 Å². The molecular weight excluding hydrogens is 534 g/mol. The molecule has 2 aromatic heterocycles. The van der Waals surface area contributed by atoms with Gasteiger partial charge in [0.25, 0.3) is 0 Å². The number of allylic oxidation sites excluding steroid dienone is 4. The molecule has 5 aromatic carbocycles. The van der Waals surface area contributed by atoms with E-state index in [0.717, 1.165) is 57.9 Å². The first kappa shape index (κ1) is 26.0. The highest BCUT2D eigenvalue weighted by Crippen LogP contribution is 2.35. The minimum absolute atomic E-state index is 0.724. The number of pyridine rings is 1. The van der Waals surface area contributed by atoms with Crippen LogP contribution in [0.1, 0.15) is 24.1 Å². The molecule has 1 aliphatic rings. The van der Waals surface area contributed by atoms with Crippen molar-refractivity contribution in [3.05, 3.63) is 163 Å². The Labute approximate surface area is 256 Å². The third kappa shape index (κ3) is 5.10. The zero-order valence-electron chi connectivity index (χ0n) is 24.2. The molecule has 0 spiro atoms. The smallest absolute Gasteiger partial charge is 0.160 e. The van der Waals surface area contributed by atoms with E-state index in [4.69, 9.17) is 9.97 Å². The van der Waals surface area contributed by atoms with Gasteiger partial charge in [-0.25, -0.2) is 9.97 Å². The lowest BCUT2D eigenvalue weighted by molar-refractivity contribution is 1.05. The highest BCUT2D eigenvalue weighted by Gasteiger charge is 2.16. The molecule has 44 heavy (non-hydrogen) atoms. The van der Waals surface area contributed by atoms with Gasteiger partial charge in [0.2, 0.25) is 0 Å². The van der Waals surface area contributed by atoms with E-state index in [9.17, 15) is 0 Å². The number of nitrogens with zero attached hydrogens (tertiary/aromatic N) is 3. The van der Waals surface area contributed by atoms with Crippen molar-refractivity contribution >= 4 is 32.7 Å². The minimum Gasteiger partial charge on any atom is -0.264 e. The van der Waals surface area contributed by atoms with Crippen LogP contribution in [0.2, 0.25) is 0 Å². The van der Waals surface area contributed by atoms with Crippen LogP contribution < -0.4 is 0 Å². The Hall–Kier alpha value is -5.67. The number of fused-ring (bicyclic) bond motifs is 2. The standard InChI is InChI=1S/C41H29N3/c1-3-10-30-22-34(19-17-28(30)8-1)32-12-5-14-35(23-32)39-26-40(36-15-6-13-33(24-36)38-16-7-21-42-27-38)44-41(43-39)37-20-18-29-9-2-4-11-31(29)25-37/h1-4,6-11,13-27H,5,12H2. The summed E-state index contributed by atoms with van der Waals surface area (Å²) in [6.07, 6.45) is 10.3. The van der Waals surface area contributed by atoms with Crippen molar-refractivity contribution in [2.24, 2.45) is 0 Å². The average Bonchev–Trinajstić information content (AvgIpc) is 3.11. The SMILES string of the molecule is C1=C(c2ccc3ccccc3c2)CCC=C1c1cc(-c2cccc(-c3cccnc3)c2)nc(-c2ccc3ccccc3c2)n1. The van der Waals surface area contributed by atoms with Gasteiger partial charge in [-0.3, -0.25) is 4.98 Å². The van der Waals surface area contributed by atoms with Crippen LogP contribution in [0.25, 0.3) is 66.5 Å². The molecule has 0 aliphatic heterocycles. The monoisotopic (exact) mass is 563 g/mol. The van der Waals surface area contributed by atoms with Crippen LogP contribution in [0, 0.1) is 0 Å². The van der Waals surface area contributed by atoms with Crippen molar-refractivity contribution in [2.45, 2.75) is 12.8 Å². The Bertz CT molecular complexity index is 2230. The zero-order valence-corrected chi connectivity index (χ0v) is 24.2. The van der Waals surface area contributed by atoms with Gasteiger partial charge < -0.3 is 0 Å². The Balaban J connectivity index is 1.26. The topological polar surface area (TPSA) is 38.7 Å². The zero-order chi connectivity index (χ0) is 29.3. The van der Waals surface area contributed by atoms with Gasteiger partial charge in [0.05, 0.1) is 11.4 Å². The maximum Gasteiger partial charge on any atom is 0.160 e. The highest BCUT2D eigenvalue weighted by molar-refractivity contribution is 5.91. The van der Waals surface area contributed by atoms with E-state index in [1.807, 2.05) is 12.3 Å². The highest BCUT2D eigenvalue weighted by atomic mass is 14.9. The second-order valence-corrected chi connectivity index (χ2v) is 11.3. The molecule has 0 saturated heterocycles. The molecule has 1 aliphatic carbocycles. The van der Waals surface area contributed by atoms with Crippen molar-refractivity contribution in [3.8, 4) is 33.8 Å². The molecule has 208 valence electrons. The molecule has 8 rings (SSSR count). The van der Waals surface area contributed by atoms with Crippen LogP contribution in [0.5, 0.6) is 0 Å². The number of benzene rings is 5. The lowest BCUT2D eigenvalue weighted by atomic mass is 9.91. The first-order chi connectivity index (χ1) is 21.8. The van der Waals surface area contributed by atoms with Gasteiger partial charge in [-0.05, 0) is 93.1 Å². The van der Waals surface area contributed by atoms with Gasteiger partial charge in [-0.15, -0.1) is 0 Å². The normalized spacial score (nSPS) is 13.1. The van der Waals surface area contributed by atoms with E-state index in [2.05, 4.69) is 138 Å². The van der Waals surface area contributed by atoms with Gasteiger partial charge in [0.1, 0.15) is 0 Å². The molecule has 0 unspecified atom stereocenters. The molecule has 0 fully saturated rings. The van der Waals surface area contributed by atoms with Gasteiger partial charge in [0, 0.05) is 29.1 Å². The Morgan fingerprint density at radius 1 is 0.477 bits per heavy atom. The fourth-order valence-corrected chi connectivity index (χ4v) is 6.09. The number of hydrogen-bond donors (Lipinski definition) is 0. The summed E-state index contributed by atoms with van der Waals surface area (Å²) in [6, 6.07) is 44.9. The Morgan fingerprint density at radius 3 is 1.93 bits per heavy atom. The van der Waals surface area contributed by atoms with Crippen LogP contribution in [0.4, 0.5) is 0 Å². The number of rotatable bonds is 5. The maximum atomic E-state index is 5.18. The summed E-state index contributed by atoms with van der Waals surface area (Å²) in [7, 11) is 0. The molecule has 0 atom stereocenters.